The van der Waals surface area contributed by atoms with Crippen molar-refractivity contribution in [1.82, 2.24) is 9.80 Å². The second-order valence-corrected chi connectivity index (χ2v) is 9.07. The molecule has 0 unspecified atom stereocenters. The molecule has 0 aliphatic heterocycles. The zero-order chi connectivity index (χ0) is 28.0. The second kappa shape index (κ2) is 12.7. The topological polar surface area (TPSA) is 139 Å². The first kappa shape index (κ1) is 28.8. The Morgan fingerprint density at radius 3 is 1.29 bits per heavy atom. The first-order chi connectivity index (χ1) is 18.2. The van der Waals surface area contributed by atoms with E-state index in [4.69, 9.17) is 0 Å². The lowest BCUT2D eigenvalue weighted by Crippen LogP contribution is -2.30. The molecular weight excluding hydrogens is 488 g/mol. The average molecular weight is 525 g/mol. The van der Waals surface area contributed by atoms with Crippen molar-refractivity contribution < 1.29 is 29.4 Å². The van der Waals surface area contributed by atoms with E-state index in [1.54, 1.807) is 0 Å². The molecular formula is C28H36N4O6. The number of rotatable bonds is 12. The Morgan fingerprint density at radius 1 is 0.632 bits per heavy atom. The van der Waals surface area contributed by atoms with E-state index in [9.17, 15) is 29.4 Å². The van der Waals surface area contributed by atoms with Gasteiger partial charge in [-0.2, -0.15) is 0 Å². The Hall–Kier alpha value is -3.76. The zero-order valence-electron chi connectivity index (χ0n) is 22.4. The molecule has 2 aromatic rings. The summed E-state index contributed by atoms with van der Waals surface area (Å²) in [5, 5.41) is 26.2. The molecule has 0 saturated heterocycles. The molecule has 10 heteroatoms. The zero-order valence-corrected chi connectivity index (χ0v) is 22.4. The van der Waals surface area contributed by atoms with Gasteiger partial charge in [0.05, 0.1) is 33.6 Å². The predicted octanol–water partition coefficient (Wildman–Crippen LogP) is 3.21. The largest absolute Gasteiger partial charge is 0.507 e. The number of nitrogens with one attached hydrogen (secondary N) is 2. The fraction of sp³-hybridized carbons (Fsp3) is 0.429. The van der Waals surface area contributed by atoms with Crippen LogP contribution in [-0.2, 0) is 9.59 Å². The van der Waals surface area contributed by atoms with E-state index in [-0.39, 0.29) is 58.3 Å². The van der Waals surface area contributed by atoms with Crippen molar-refractivity contribution in [3.63, 3.8) is 0 Å². The van der Waals surface area contributed by atoms with Gasteiger partial charge in [-0.3, -0.25) is 19.2 Å². The first-order valence-electron chi connectivity index (χ1n) is 13.0. The minimum Gasteiger partial charge on any atom is -0.507 e. The summed E-state index contributed by atoms with van der Waals surface area (Å²) in [6.45, 7) is 12.2. The minimum atomic E-state index is -0.735. The first-order valence-corrected chi connectivity index (χ1v) is 13.0. The Morgan fingerprint density at radius 2 is 0.974 bits per heavy atom. The number of carbonyl (C=O) groups excluding carboxylic acids is 4. The molecule has 0 spiro atoms. The fourth-order valence-corrected chi connectivity index (χ4v) is 4.60. The number of fused-ring (bicyclic) bond motifs is 2. The van der Waals surface area contributed by atoms with E-state index in [2.05, 4.69) is 20.4 Å². The normalized spacial score (nSPS) is 12.5. The molecule has 1 aliphatic carbocycles. The van der Waals surface area contributed by atoms with Gasteiger partial charge in [0.15, 0.2) is 0 Å². The van der Waals surface area contributed by atoms with E-state index in [1.165, 1.54) is 12.1 Å². The number of amides is 2. The van der Waals surface area contributed by atoms with Crippen molar-refractivity contribution in [2.75, 3.05) is 49.9 Å². The molecule has 1 aliphatic rings. The summed E-state index contributed by atoms with van der Waals surface area (Å²) < 4.78 is 0. The Labute approximate surface area is 222 Å². The van der Waals surface area contributed by atoms with Crippen molar-refractivity contribution in [3.05, 3.63) is 46.5 Å². The summed E-state index contributed by atoms with van der Waals surface area (Å²) in [5.74, 6) is -3.09. The van der Waals surface area contributed by atoms with E-state index >= 15 is 0 Å². The molecule has 0 saturated carbocycles. The van der Waals surface area contributed by atoms with Crippen molar-refractivity contribution in [3.8, 4) is 11.5 Å². The highest BCUT2D eigenvalue weighted by molar-refractivity contribution is 6.34. The molecule has 0 fully saturated rings. The molecule has 0 bridgehead atoms. The molecule has 0 radical (unpaired) electrons. The van der Waals surface area contributed by atoms with Gasteiger partial charge in [0.1, 0.15) is 11.5 Å². The van der Waals surface area contributed by atoms with Crippen molar-refractivity contribution >= 4 is 34.8 Å². The maximum Gasteiger partial charge on any atom is 0.225 e. The molecule has 3 rings (SSSR count). The van der Waals surface area contributed by atoms with Crippen LogP contribution in [-0.4, -0.2) is 82.7 Å². The molecule has 204 valence electrons. The number of benzene rings is 2. The molecule has 2 amide bonds. The number of aromatic hydroxyl groups is 2. The number of ketones is 2. The summed E-state index contributed by atoms with van der Waals surface area (Å²) in [6, 6.07) is 5.19. The van der Waals surface area contributed by atoms with Crippen molar-refractivity contribution in [2.24, 2.45) is 0 Å². The van der Waals surface area contributed by atoms with Crippen LogP contribution in [0.5, 0.6) is 11.5 Å². The molecule has 0 aromatic heterocycles. The van der Waals surface area contributed by atoms with Crippen LogP contribution in [0.15, 0.2) is 24.3 Å². The molecule has 4 N–H and O–H groups in total. The average Bonchev–Trinajstić information content (AvgIpc) is 2.90. The van der Waals surface area contributed by atoms with Crippen LogP contribution in [0.25, 0.3) is 0 Å². The monoisotopic (exact) mass is 524 g/mol. The van der Waals surface area contributed by atoms with Gasteiger partial charge in [-0.05, 0) is 50.4 Å². The van der Waals surface area contributed by atoms with Crippen molar-refractivity contribution in [2.45, 2.75) is 40.5 Å². The predicted molar refractivity (Wildman–Crippen MR) is 145 cm³/mol. The van der Waals surface area contributed by atoms with Gasteiger partial charge in [-0.15, -0.1) is 0 Å². The van der Waals surface area contributed by atoms with E-state index in [0.29, 0.717) is 13.1 Å². The van der Waals surface area contributed by atoms with Gasteiger partial charge in [-0.25, -0.2) is 0 Å². The second-order valence-electron chi connectivity index (χ2n) is 9.07. The molecule has 2 aromatic carbocycles. The highest BCUT2D eigenvalue weighted by Gasteiger charge is 2.38. The third-order valence-corrected chi connectivity index (χ3v) is 6.92. The lowest BCUT2D eigenvalue weighted by atomic mass is 9.81. The maximum absolute atomic E-state index is 13.6. The van der Waals surface area contributed by atoms with Crippen LogP contribution in [0.3, 0.4) is 0 Å². The number of hydrogen-bond acceptors (Lipinski definition) is 8. The Balaban J connectivity index is 2.01. The molecule has 0 atom stereocenters. The number of carbonyl (C=O) groups is 4. The highest BCUT2D eigenvalue weighted by Crippen LogP contribution is 2.42. The maximum atomic E-state index is 13.6. The summed E-state index contributed by atoms with van der Waals surface area (Å²) in [7, 11) is 0. The molecule has 38 heavy (non-hydrogen) atoms. The Kier molecular flexibility index (Phi) is 9.60. The summed E-state index contributed by atoms with van der Waals surface area (Å²) >= 11 is 0. The van der Waals surface area contributed by atoms with Gasteiger partial charge in [0, 0.05) is 25.9 Å². The summed E-state index contributed by atoms with van der Waals surface area (Å²) in [4.78, 5) is 56.9. The number of phenolic OH excluding ortho intramolecular Hbond substituents is 2. The van der Waals surface area contributed by atoms with Gasteiger partial charge in [0.2, 0.25) is 23.4 Å². The quantitative estimate of drug-likeness (QED) is 0.265. The third kappa shape index (κ3) is 6.03. The molecule has 10 nitrogen and oxygen atoms in total. The van der Waals surface area contributed by atoms with Crippen LogP contribution < -0.4 is 10.6 Å². The fourth-order valence-electron chi connectivity index (χ4n) is 4.60. The Bertz CT molecular complexity index is 1140. The van der Waals surface area contributed by atoms with E-state index < -0.39 is 23.1 Å². The van der Waals surface area contributed by atoms with Crippen LogP contribution >= 0.6 is 0 Å². The number of hydrogen-bond donors (Lipinski definition) is 4. The molecule has 0 heterocycles. The lowest BCUT2D eigenvalue weighted by Gasteiger charge is -2.25. The van der Waals surface area contributed by atoms with Gasteiger partial charge >= 0.3 is 0 Å². The summed E-state index contributed by atoms with van der Waals surface area (Å²) in [5.41, 5.74) is -0.769. The van der Waals surface area contributed by atoms with Crippen molar-refractivity contribution in [1.29, 1.82) is 0 Å². The van der Waals surface area contributed by atoms with Gasteiger partial charge < -0.3 is 30.6 Å². The smallest absolute Gasteiger partial charge is 0.225 e. The highest BCUT2D eigenvalue weighted by atomic mass is 16.3. The van der Waals surface area contributed by atoms with Crippen LogP contribution in [0.1, 0.15) is 72.4 Å². The number of phenols is 2. The van der Waals surface area contributed by atoms with Crippen LogP contribution in [0.2, 0.25) is 0 Å². The van der Waals surface area contributed by atoms with E-state index in [0.717, 1.165) is 38.3 Å². The van der Waals surface area contributed by atoms with Gasteiger partial charge in [0.25, 0.3) is 0 Å². The third-order valence-electron chi connectivity index (χ3n) is 6.92. The number of anilines is 2. The summed E-state index contributed by atoms with van der Waals surface area (Å²) in [6.07, 6.45) is 0.343. The van der Waals surface area contributed by atoms with Crippen LogP contribution in [0, 0.1) is 0 Å². The number of nitrogens with zero attached hydrogens (tertiary/aromatic N) is 2. The lowest BCUT2D eigenvalue weighted by molar-refractivity contribution is -0.117. The minimum absolute atomic E-state index is 0.0948. The standard InChI is InChI=1S/C28H36N4O6/c1-5-31(6-2)15-13-21(35)29-17-9-10-18(30-22(36)14-16-32(7-3)8-4)24-23(17)27(37)25-19(33)11-12-20(34)26(25)28(24)38/h9-12,33-34H,5-8,13-16H2,1-4H3,(H,29,35)(H,30,36). The van der Waals surface area contributed by atoms with Gasteiger partial charge in [-0.1, -0.05) is 27.7 Å². The van der Waals surface area contributed by atoms with E-state index in [1.807, 2.05) is 27.7 Å². The SMILES string of the molecule is CCN(CC)CCC(=O)Nc1ccc(NC(=O)CCN(CC)CC)c2c1C(=O)c1c(O)ccc(O)c1C2=O. The van der Waals surface area contributed by atoms with Crippen LogP contribution in [0.4, 0.5) is 11.4 Å².